The molecule has 1 heterocycles. The van der Waals surface area contributed by atoms with E-state index in [-0.39, 0.29) is 0 Å². The molecule has 1 aromatic heterocycles. The Morgan fingerprint density at radius 3 is 2.53 bits per heavy atom. The third-order valence-electron chi connectivity index (χ3n) is 2.92. The maximum absolute atomic E-state index is 4.50. The number of hydrogen-bond donors (Lipinski definition) is 1. The van der Waals surface area contributed by atoms with Gasteiger partial charge in [0.15, 0.2) is 0 Å². The minimum atomic E-state index is 0.748. The number of nitrogens with zero attached hydrogens (tertiary/aromatic N) is 2. The summed E-state index contributed by atoms with van der Waals surface area (Å²) in [5.74, 6) is 0.846. The Morgan fingerprint density at radius 1 is 1.32 bits per heavy atom. The zero-order valence-corrected chi connectivity index (χ0v) is 13.1. The second kappa shape index (κ2) is 5.61. The minimum Gasteiger partial charge on any atom is -0.326 e. The summed E-state index contributed by atoms with van der Waals surface area (Å²) in [4.78, 5) is 4.50. The monoisotopic (exact) mass is 319 g/mol. The number of hydrogen-bond acceptors (Lipinski definition) is 2. The van der Waals surface area contributed by atoms with Crippen molar-refractivity contribution in [3.05, 3.63) is 52.3 Å². The lowest BCUT2D eigenvalue weighted by Gasteiger charge is -2.11. The maximum Gasteiger partial charge on any atom is 0.207 e. The zero-order valence-electron chi connectivity index (χ0n) is 11.5. The fourth-order valence-electron chi connectivity index (χ4n) is 2.07. The van der Waals surface area contributed by atoms with Crippen molar-refractivity contribution in [1.29, 1.82) is 0 Å². The summed E-state index contributed by atoms with van der Waals surface area (Å²) in [6.07, 6.45) is 3.88. The summed E-state index contributed by atoms with van der Waals surface area (Å²) < 4.78 is 3.21. The van der Waals surface area contributed by atoms with Gasteiger partial charge in [-0.1, -0.05) is 22.0 Å². The molecule has 1 aromatic carbocycles. The lowest BCUT2D eigenvalue weighted by Crippen LogP contribution is -2.02. The van der Waals surface area contributed by atoms with E-state index in [0.29, 0.717) is 0 Å². The van der Waals surface area contributed by atoms with Crippen LogP contribution >= 0.6 is 15.9 Å². The van der Waals surface area contributed by atoms with Gasteiger partial charge >= 0.3 is 0 Å². The molecule has 100 valence electrons. The highest BCUT2D eigenvalue weighted by Crippen LogP contribution is 2.26. The lowest BCUT2D eigenvalue weighted by molar-refractivity contribution is 0.832. The van der Waals surface area contributed by atoms with Crippen LogP contribution in [0.1, 0.15) is 16.8 Å². The van der Waals surface area contributed by atoms with Gasteiger partial charge in [-0.05, 0) is 44.0 Å². The molecule has 0 atom stereocenters. The Hall–Kier alpha value is -1.55. The van der Waals surface area contributed by atoms with Gasteiger partial charge in [0.1, 0.15) is 0 Å². The summed E-state index contributed by atoms with van der Waals surface area (Å²) in [5, 5.41) is 3.37. The topological polar surface area (TPSA) is 29.9 Å². The number of nitrogens with one attached hydrogen (secondary N) is 1. The Labute approximate surface area is 122 Å². The molecule has 19 heavy (non-hydrogen) atoms. The van der Waals surface area contributed by atoms with E-state index in [9.17, 15) is 0 Å². The number of anilines is 2. The summed E-state index contributed by atoms with van der Waals surface area (Å²) in [7, 11) is 0. The number of imidazole rings is 1. The molecule has 0 bridgehead atoms. The number of aromatic nitrogens is 2. The van der Waals surface area contributed by atoms with Crippen molar-refractivity contribution in [2.45, 2.75) is 27.3 Å². The lowest BCUT2D eigenvalue weighted by atomic mass is 10.1. The van der Waals surface area contributed by atoms with Crippen LogP contribution < -0.4 is 5.32 Å². The summed E-state index contributed by atoms with van der Waals surface area (Å²) in [6, 6.07) is 4.22. The molecule has 2 rings (SSSR count). The molecule has 0 saturated heterocycles. The van der Waals surface area contributed by atoms with Gasteiger partial charge in [-0.2, -0.15) is 0 Å². The van der Waals surface area contributed by atoms with Crippen molar-refractivity contribution >= 4 is 27.6 Å². The smallest absolute Gasteiger partial charge is 0.207 e. The van der Waals surface area contributed by atoms with Crippen LogP contribution in [0.15, 0.2) is 35.5 Å². The van der Waals surface area contributed by atoms with E-state index < -0.39 is 0 Å². The van der Waals surface area contributed by atoms with Gasteiger partial charge in [-0.15, -0.1) is 6.58 Å². The van der Waals surface area contributed by atoms with E-state index >= 15 is 0 Å². The Morgan fingerprint density at radius 2 is 1.95 bits per heavy atom. The summed E-state index contributed by atoms with van der Waals surface area (Å²) in [5.41, 5.74) is 4.46. The van der Waals surface area contributed by atoms with Crippen LogP contribution in [-0.2, 0) is 6.54 Å². The molecule has 0 saturated carbocycles. The van der Waals surface area contributed by atoms with Gasteiger partial charge in [-0.25, -0.2) is 4.98 Å². The second-order valence-corrected chi connectivity index (χ2v) is 5.49. The third kappa shape index (κ3) is 3.07. The molecular formula is C15H18BrN3. The molecule has 0 spiro atoms. The first-order valence-corrected chi connectivity index (χ1v) is 6.99. The van der Waals surface area contributed by atoms with E-state index in [1.807, 2.05) is 19.2 Å². The first kappa shape index (κ1) is 13.9. The van der Waals surface area contributed by atoms with Gasteiger partial charge < -0.3 is 9.88 Å². The third-order valence-corrected chi connectivity index (χ3v) is 4.17. The normalized spacial score (nSPS) is 10.5. The molecule has 0 fully saturated rings. The van der Waals surface area contributed by atoms with Gasteiger partial charge in [0, 0.05) is 22.9 Å². The average molecular weight is 320 g/mol. The van der Waals surface area contributed by atoms with E-state index in [1.165, 1.54) is 11.1 Å². The predicted octanol–water partition coefficient (Wildman–Crippen LogP) is 4.50. The van der Waals surface area contributed by atoms with Gasteiger partial charge in [0.25, 0.3) is 0 Å². The van der Waals surface area contributed by atoms with Crippen LogP contribution in [0.3, 0.4) is 0 Å². The molecule has 0 unspecified atom stereocenters. The molecule has 0 amide bonds. The van der Waals surface area contributed by atoms with Crippen molar-refractivity contribution in [3.8, 4) is 0 Å². The van der Waals surface area contributed by atoms with E-state index in [1.54, 1.807) is 0 Å². The second-order valence-electron chi connectivity index (χ2n) is 4.70. The van der Waals surface area contributed by atoms with Crippen molar-refractivity contribution in [3.63, 3.8) is 0 Å². The fraction of sp³-hybridized carbons (Fsp3) is 0.267. The molecule has 2 aromatic rings. The quantitative estimate of drug-likeness (QED) is 0.841. The number of halogens is 1. The average Bonchev–Trinajstić information content (AvgIpc) is 2.67. The largest absolute Gasteiger partial charge is 0.326 e. The van der Waals surface area contributed by atoms with Crippen LogP contribution in [-0.4, -0.2) is 9.55 Å². The van der Waals surface area contributed by atoms with Crippen LogP contribution in [0.2, 0.25) is 0 Å². The molecule has 0 aliphatic heterocycles. The van der Waals surface area contributed by atoms with E-state index in [2.05, 4.69) is 63.4 Å². The van der Waals surface area contributed by atoms with Gasteiger partial charge in [0.2, 0.25) is 5.95 Å². The van der Waals surface area contributed by atoms with Crippen molar-refractivity contribution in [2.75, 3.05) is 5.32 Å². The van der Waals surface area contributed by atoms with Crippen molar-refractivity contribution in [1.82, 2.24) is 9.55 Å². The molecule has 4 heteroatoms. The molecule has 0 radical (unpaired) electrons. The minimum absolute atomic E-state index is 0.748. The highest BCUT2D eigenvalue weighted by atomic mass is 79.9. The molecular weight excluding hydrogens is 302 g/mol. The molecule has 0 aliphatic carbocycles. The molecule has 3 nitrogen and oxygen atoms in total. The Kier molecular flexibility index (Phi) is 4.10. The maximum atomic E-state index is 4.50. The Bertz CT molecular complexity index is 591. The summed E-state index contributed by atoms with van der Waals surface area (Å²) in [6.45, 7) is 10.7. The molecule has 1 N–H and O–H groups in total. The highest BCUT2D eigenvalue weighted by molar-refractivity contribution is 9.10. The number of rotatable bonds is 4. The SMILES string of the molecule is C=CCn1cc(C)nc1Nc1cc(C)c(Br)c(C)c1. The number of allylic oxidation sites excluding steroid dienone is 1. The number of benzene rings is 1. The van der Waals surface area contributed by atoms with Gasteiger partial charge in [0.05, 0.1) is 5.69 Å². The van der Waals surface area contributed by atoms with Gasteiger partial charge in [-0.3, -0.25) is 0 Å². The van der Waals surface area contributed by atoms with Crippen LogP contribution in [0.4, 0.5) is 11.6 Å². The first-order chi connectivity index (χ1) is 9.01. The zero-order chi connectivity index (χ0) is 14.0. The predicted molar refractivity (Wildman–Crippen MR) is 84.1 cm³/mol. The molecule has 0 aliphatic rings. The fourth-order valence-corrected chi connectivity index (χ4v) is 2.30. The van der Waals surface area contributed by atoms with Crippen molar-refractivity contribution < 1.29 is 0 Å². The van der Waals surface area contributed by atoms with Crippen molar-refractivity contribution in [2.24, 2.45) is 0 Å². The number of aryl methyl sites for hydroxylation is 3. The highest BCUT2D eigenvalue weighted by Gasteiger charge is 2.07. The van der Waals surface area contributed by atoms with Crippen LogP contribution in [0.5, 0.6) is 0 Å². The van der Waals surface area contributed by atoms with E-state index in [4.69, 9.17) is 0 Å². The Balaban J connectivity index is 2.33. The summed E-state index contributed by atoms with van der Waals surface area (Å²) >= 11 is 3.58. The first-order valence-electron chi connectivity index (χ1n) is 6.19. The van der Waals surface area contributed by atoms with Crippen LogP contribution in [0, 0.1) is 20.8 Å². The van der Waals surface area contributed by atoms with E-state index in [0.717, 1.165) is 28.3 Å². The standard InChI is InChI=1S/C15H18BrN3/c1-5-6-19-9-12(4)17-15(19)18-13-7-10(2)14(16)11(3)8-13/h5,7-9H,1,6H2,2-4H3,(H,17,18). The van der Waals surface area contributed by atoms with Crippen LogP contribution in [0.25, 0.3) is 0 Å².